The Bertz CT molecular complexity index is 78.5. The number of likely N-dealkylation sites (N-methyl/N-ethyl adjacent to an activating group) is 1. The van der Waals surface area contributed by atoms with Crippen molar-refractivity contribution in [1.29, 1.82) is 0 Å². The van der Waals surface area contributed by atoms with E-state index in [-0.39, 0.29) is 24.6 Å². The SMILES string of the molecule is CC(O)CN(C)CC(C)O.Cl. The molecular formula is C7H18ClNO2. The lowest BCUT2D eigenvalue weighted by atomic mass is 10.3. The van der Waals surface area contributed by atoms with Gasteiger partial charge in [0.05, 0.1) is 12.2 Å². The van der Waals surface area contributed by atoms with Gasteiger partial charge in [-0.25, -0.2) is 0 Å². The summed E-state index contributed by atoms with van der Waals surface area (Å²) in [4.78, 5) is 1.90. The van der Waals surface area contributed by atoms with Crippen molar-refractivity contribution in [1.82, 2.24) is 4.90 Å². The Morgan fingerprint density at radius 3 is 1.55 bits per heavy atom. The Balaban J connectivity index is 0. The molecule has 0 aromatic carbocycles. The van der Waals surface area contributed by atoms with Crippen molar-refractivity contribution in [3.63, 3.8) is 0 Å². The molecule has 0 amide bonds. The van der Waals surface area contributed by atoms with Crippen molar-refractivity contribution in [2.75, 3.05) is 20.1 Å². The first-order valence-electron chi connectivity index (χ1n) is 3.57. The molecule has 0 spiro atoms. The first kappa shape index (κ1) is 13.7. The zero-order valence-electron chi connectivity index (χ0n) is 7.32. The summed E-state index contributed by atoms with van der Waals surface area (Å²) in [5, 5.41) is 17.8. The second-order valence-corrected chi connectivity index (χ2v) is 2.92. The maximum atomic E-state index is 8.91. The Morgan fingerprint density at radius 2 is 1.36 bits per heavy atom. The summed E-state index contributed by atoms with van der Waals surface area (Å²) in [6, 6.07) is 0. The van der Waals surface area contributed by atoms with Gasteiger partial charge in [-0.3, -0.25) is 0 Å². The Kier molecular flexibility index (Phi) is 8.56. The summed E-state index contributed by atoms with van der Waals surface area (Å²) >= 11 is 0. The smallest absolute Gasteiger partial charge is 0.0638 e. The molecule has 0 aromatic heterocycles. The van der Waals surface area contributed by atoms with E-state index in [0.29, 0.717) is 13.1 Å². The zero-order chi connectivity index (χ0) is 8.15. The summed E-state index contributed by atoms with van der Waals surface area (Å²) in [6.07, 6.45) is -0.632. The number of hydrogen-bond donors (Lipinski definition) is 2. The van der Waals surface area contributed by atoms with E-state index in [1.165, 1.54) is 0 Å². The van der Waals surface area contributed by atoms with Gasteiger partial charge in [0.25, 0.3) is 0 Å². The molecule has 2 atom stereocenters. The second-order valence-electron chi connectivity index (χ2n) is 2.92. The van der Waals surface area contributed by atoms with E-state index in [1.54, 1.807) is 13.8 Å². The normalized spacial score (nSPS) is 15.8. The molecule has 70 valence electrons. The van der Waals surface area contributed by atoms with Crippen LogP contribution in [-0.2, 0) is 0 Å². The van der Waals surface area contributed by atoms with Crippen molar-refractivity contribution < 1.29 is 10.2 Å². The van der Waals surface area contributed by atoms with E-state index in [9.17, 15) is 0 Å². The van der Waals surface area contributed by atoms with Gasteiger partial charge in [0, 0.05) is 13.1 Å². The highest BCUT2D eigenvalue weighted by molar-refractivity contribution is 5.85. The van der Waals surface area contributed by atoms with Gasteiger partial charge in [-0.1, -0.05) is 0 Å². The predicted molar refractivity (Wildman–Crippen MR) is 48.1 cm³/mol. The molecular weight excluding hydrogens is 166 g/mol. The first-order chi connectivity index (χ1) is 4.52. The lowest BCUT2D eigenvalue weighted by molar-refractivity contribution is 0.0990. The molecule has 0 saturated carbocycles. The molecule has 0 aromatic rings. The van der Waals surface area contributed by atoms with Crippen LogP contribution in [0.4, 0.5) is 0 Å². The largest absolute Gasteiger partial charge is 0.392 e. The molecule has 2 unspecified atom stereocenters. The van der Waals surface area contributed by atoms with Gasteiger partial charge in [-0.15, -0.1) is 12.4 Å². The molecule has 0 rings (SSSR count). The maximum Gasteiger partial charge on any atom is 0.0638 e. The second kappa shape index (κ2) is 6.85. The van der Waals surface area contributed by atoms with Crippen molar-refractivity contribution in [2.45, 2.75) is 26.1 Å². The summed E-state index contributed by atoms with van der Waals surface area (Å²) in [7, 11) is 1.87. The number of hydrogen-bond acceptors (Lipinski definition) is 3. The van der Waals surface area contributed by atoms with Crippen LogP contribution in [0.3, 0.4) is 0 Å². The Morgan fingerprint density at radius 1 is 1.09 bits per heavy atom. The molecule has 0 aliphatic rings. The molecule has 0 fully saturated rings. The molecule has 3 nitrogen and oxygen atoms in total. The minimum Gasteiger partial charge on any atom is -0.392 e. The topological polar surface area (TPSA) is 43.7 Å². The highest BCUT2D eigenvalue weighted by Gasteiger charge is 2.04. The van der Waals surface area contributed by atoms with Gasteiger partial charge in [-0.05, 0) is 20.9 Å². The summed E-state index contributed by atoms with van der Waals surface area (Å²) in [6.45, 7) is 4.70. The van der Waals surface area contributed by atoms with Crippen LogP contribution in [0.15, 0.2) is 0 Å². The molecule has 0 aliphatic carbocycles. The standard InChI is InChI=1S/C7H17NO2.ClH/c1-6(9)4-8(3)5-7(2)10;/h6-7,9-10H,4-5H2,1-3H3;1H. The van der Waals surface area contributed by atoms with E-state index in [2.05, 4.69) is 0 Å². The van der Waals surface area contributed by atoms with Gasteiger partial charge in [0.1, 0.15) is 0 Å². The van der Waals surface area contributed by atoms with Gasteiger partial charge in [0.2, 0.25) is 0 Å². The minimum atomic E-state index is -0.316. The molecule has 2 N–H and O–H groups in total. The number of halogens is 1. The number of nitrogens with zero attached hydrogens (tertiary/aromatic N) is 1. The van der Waals surface area contributed by atoms with Gasteiger partial charge in [-0.2, -0.15) is 0 Å². The molecule has 4 heteroatoms. The lowest BCUT2D eigenvalue weighted by Gasteiger charge is -2.19. The van der Waals surface area contributed by atoms with Crippen LogP contribution >= 0.6 is 12.4 Å². The molecule has 0 radical (unpaired) electrons. The number of aliphatic hydroxyl groups excluding tert-OH is 2. The average Bonchev–Trinajstić information content (AvgIpc) is 1.58. The van der Waals surface area contributed by atoms with E-state index < -0.39 is 0 Å². The van der Waals surface area contributed by atoms with Crippen molar-refractivity contribution in [2.24, 2.45) is 0 Å². The molecule has 11 heavy (non-hydrogen) atoms. The number of rotatable bonds is 4. The van der Waals surface area contributed by atoms with Gasteiger partial charge in [0.15, 0.2) is 0 Å². The monoisotopic (exact) mass is 183 g/mol. The quantitative estimate of drug-likeness (QED) is 0.650. The molecule has 0 aliphatic heterocycles. The Hall–Kier alpha value is 0.170. The average molecular weight is 184 g/mol. The lowest BCUT2D eigenvalue weighted by Crippen LogP contribution is -2.32. The van der Waals surface area contributed by atoms with E-state index in [4.69, 9.17) is 10.2 Å². The van der Waals surface area contributed by atoms with Crippen LogP contribution in [0, 0.1) is 0 Å². The summed E-state index contributed by atoms with van der Waals surface area (Å²) < 4.78 is 0. The van der Waals surface area contributed by atoms with E-state index >= 15 is 0 Å². The highest BCUT2D eigenvalue weighted by atomic mass is 35.5. The predicted octanol–water partition coefficient (Wildman–Crippen LogP) is 0.102. The molecule has 0 bridgehead atoms. The minimum absolute atomic E-state index is 0. The van der Waals surface area contributed by atoms with Gasteiger partial charge >= 0.3 is 0 Å². The fourth-order valence-corrected chi connectivity index (χ4v) is 0.977. The third-order valence-corrected chi connectivity index (χ3v) is 1.15. The third-order valence-electron chi connectivity index (χ3n) is 1.15. The van der Waals surface area contributed by atoms with Gasteiger partial charge < -0.3 is 15.1 Å². The zero-order valence-corrected chi connectivity index (χ0v) is 8.14. The summed E-state index contributed by atoms with van der Waals surface area (Å²) in [5.74, 6) is 0. The fraction of sp³-hybridized carbons (Fsp3) is 1.00. The van der Waals surface area contributed by atoms with Crippen LogP contribution in [-0.4, -0.2) is 47.5 Å². The van der Waals surface area contributed by atoms with Crippen molar-refractivity contribution in [3.05, 3.63) is 0 Å². The summed E-state index contributed by atoms with van der Waals surface area (Å²) in [5.41, 5.74) is 0. The van der Waals surface area contributed by atoms with Crippen LogP contribution in [0.1, 0.15) is 13.8 Å². The highest BCUT2D eigenvalue weighted by Crippen LogP contribution is 1.90. The molecule has 0 heterocycles. The molecule has 0 saturated heterocycles. The first-order valence-corrected chi connectivity index (χ1v) is 3.57. The van der Waals surface area contributed by atoms with Crippen molar-refractivity contribution >= 4 is 12.4 Å². The van der Waals surface area contributed by atoms with Crippen LogP contribution < -0.4 is 0 Å². The fourth-order valence-electron chi connectivity index (χ4n) is 0.977. The number of aliphatic hydroxyl groups is 2. The van der Waals surface area contributed by atoms with Crippen molar-refractivity contribution in [3.8, 4) is 0 Å². The maximum absolute atomic E-state index is 8.91. The van der Waals surface area contributed by atoms with Crippen LogP contribution in [0.5, 0.6) is 0 Å². The van der Waals surface area contributed by atoms with E-state index in [1.807, 2.05) is 11.9 Å². The Labute approximate surface area is 74.4 Å². The third kappa shape index (κ3) is 10.2. The van der Waals surface area contributed by atoms with E-state index in [0.717, 1.165) is 0 Å². The van der Waals surface area contributed by atoms with Crippen LogP contribution in [0.2, 0.25) is 0 Å². The van der Waals surface area contributed by atoms with Crippen LogP contribution in [0.25, 0.3) is 0 Å².